The van der Waals surface area contributed by atoms with Gasteiger partial charge in [-0.05, 0) is 37.5 Å². The topological polar surface area (TPSA) is 136 Å². The van der Waals surface area contributed by atoms with Gasteiger partial charge in [0.1, 0.15) is 5.69 Å². The van der Waals surface area contributed by atoms with E-state index >= 15 is 0 Å². The summed E-state index contributed by atoms with van der Waals surface area (Å²) in [5.41, 5.74) is -0.606. The predicted octanol–water partition coefficient (Wildman–Crippen LogP) is 1.65. The van der Waals surface area contributed by atoms with Crippen molar-refractivity contribution in [2.45, 2.75) is 38.0 Å². The molecule has 0 bridgehead atoms. The van der Waals surface area contributed by atoms with Crippen LogP contribution in [0.25, 0.3) is 11.7 Å². The standard InChI is InChI=1S/C21H19F3N8O2/c1-10(13-4-2-3-5-14(13)21(22,23)24)26-18-29-16-11(8-15-17(33)30-20(34)28-15)9-25-32(16)19(31-18)27-12-6-7-12/h2-5,8-10,12,33H,6-7H2,1H3,(H,26,27,31)(H2,28,30,34)/t10-/m1/s1. The van der Waals surface area contributed by atoms with E-state index in [1.54, 1.807) is 6.92 Å². The summed E-state index contributed by atoms with van der Waals surface area (Å²) in [5, 5.41) is 17.5. The van der Waals surface area contributed by atoms with Crippen LogP contribution in [-0.2, 0) is 6.18 Å². The second-order valence-corrected chi connectivity index (χ2v) is 7.98. The summed E-state index contributed by atoms with van der Waals surface area (Å²) in [6.07, 6.45) is 0.236. The smallest absolute Gasteiger partial charge is 0.416 e. The van der Waals surface area contributed by atoms with E-state index in [2.05, 4.69) is 35.3 Å². The summed E-state index contributed by atoms with van der Waals surface area (Å²) in [4.78, 5) is 29.5. The number of nitrogens with one attached hydrogen (secondary N) is 3. The zero-order valence-electron chi connectivity index (χ0n) is 17.8. The Morgan fingerprint density at radius 2 is 2.03 bits per heavy atom. The average molecular weight is 472 g/mol. The van der Waals surface area contributed by atoms with E-state index in [4.69, 9.17) is 0 Å². The number of alkyl halides is 3. The lowest BCUT2D eigenvalue weighted by molar-refractivity contribution is -0.138. The van der Waals surface area contributed by atoms with Gasteiger partial charge in [-0.25, -0.2) is 9.79 Å². The number of aromatic hydroxyl groups is 1. The molecule has 1 saturated carbocycles. The lowest BCUT2D eigenvalue weighted by Crippen LogP contribution is -2.26. The van der Waals surface area contributed by atoms with Crippen LogP contribution >= 0.6 is 0 Å². The molecule has 1 fully saturated rings. The van der Waals surface area contributed by atoms with Crippen molar-refractivity contribution >= 4 is 17.7 Å². The zero-order chi connectivity index (χ0) is 24.0. The molecule has 4 aromatic rings. The van der Waals surface area contributed by atoms with Crippen LogP contribution in [0.1, 0.15) is 42.6 Å². The number of H-pyrrole nitrogens is 2. The van der Waals surface area contributed by atoms with Gasteiger partial charge in [-0.15, -0.1) is 0 Å². The fourth-order valence-electron chi connectivity index (χ4n) is 3.55. The zero-order valence-corrected chi connectivity index (χ0v) is 17.8. The molecule has 1 aliphatic rings. The fraction of sp³-hybridized carbons (Fsp3) is 0.286. The molecule has 0 aliphatic heterocycles. The summed E-state index contributed by atoms with van der Waals surface area (Å²) in [6, 6.07) is 4.63. The van der Waals surface area contributed by atoms with Crippen molar-refractivity contribution < 1.29 is 18.3 Å². The number of anilines is 1. The van der Waals surface area contributed by atoms with E-state index < -0.39 is 23.5 Å². The number of halogens is 3. The van der Waals surface area contributed by atoms with Crippen molar-refractivity contribution in [3.05, 3.63) is 68.6 Å². The molecular weight excluding hydrogens is 453 g/mol. The van der Waals surface area contributed by atoms with Crippen molar-refractivity contribution in [1.82, 2.24) is 29.5 Å². The molecule has 1 aromatic carbocycles. The molecule has 0 amide bonds. The number of benzene rings is 1. The predicted molar refractivity (Wildman–Crippen MR) is 115 cm³/mol. The largest absolute Gasteiger partial charge is 0.493 e. The van der Waals surface area contributed by atoms with Crippen LogP contribution in [0.5, 0.6) is 5.88 Å². The van der Waals surface area contributed by atoms with Crippen molar-refractivity contribution in [3.8, 4) is 5.88 Å². The first-order valence-corrected chi connectivity index (χ1v) is 10.4. The van der Waals surface area contributed by atoms with Gasteiger partial charge in [-0.2, -0.15) is 32.8 Å². The lowest BCUT2D eigenvalue weighted by Gasteiger charge is -2.19. The van der Waals surface area contributed by atoms with Crippen LogP contribution in [-0.4, -0.2) is 40.7 Å². The molecule has 1 atom stereocenters. The highest BCUT2D eigenvalue weighted by Crippen LogP contribution is 2.35. The van der Waals surface area contributed by atoms with Crippen LogP contribution in [0.15, 0.2) is 40.2 Å². The van der Waals surface area contributed by atoms with Gasteiger partial charge in [0, 0.05) is 5.22 Å². The Hall–Kier alpha value is -4.16. The highest BCUT2D eigenvalue weighted by atomic mass is 19.4. The number of imidazole rings is 1. The Bertz CT molecular complexity index is 1550. The molecular formula is C21H19F3N8O2. The van der Waals surface area contributed by atoms with E-state index in [0.29, 0.717) is 10.9 Å². The minimum atomic E-state index is -4.51. The Labute approximate surface area is 188 Å². The van der Waals surface area contributed by atoms with Gasteiger partial charge >= 0.3 is 11.9 Å². The maximum atomic E-state index is 13.5. The number of hydrogen-bond donors (Lipinski definition) is 4. The van der Waals surface area contributed by atoms with Gasteiger partial charge in [-0.1, -0.05) is 18.2 Å². The first-order chi connectivity index (χ1) is 16.2. The Balaban J connectivity index is 1.61. The Kier molecular flexibility index (Phi) is 5.10. The average Bonchev–Trinajstić information content (AvgIpc) is 3.41. The number of hydrogen-bond acceptors (Lipinski definition) is 7. The second kappa shape index (κ2) is 8.01. The van der Waals surface area contributed by atoms with E-state index in [-0.39, 0.29) is 34.7 Å². The van der Waals surface area contributed by atoms with Crippen molar-refractivity contribution in [3.63, 3.8) is 0 Å². The first-order valence-electron chi connectivity index (χ1n) is 10.4. The third-order valence-corrected chi connectivity index (χ3v) is 5.34. The molecule has 5 rings (SSSR count). The fourth-order valence-corrected chi connectivity index (χ4v) is 3.55. The van der Waals surface area contributed by atoms with Crippen molar-refractivity contribution in [2.75, 3.05) is 5.32 Å². The molecule has 3 aromatic heterocycles. The van der Waals surface area contributed by atoms with Gasteiger partial charge in [0.05, 0.1) is 23.8 Å². The minimum Gasteiger partial charge on any atom is -0.493 e. The molecule has 13 heteroatoms. The summed E-state index contributed by atoms with van der Waals surface area (Å²) < 4.78 is 41.9. The van der Waals surface area contributed by atoms with E-state index in [1.807, 2.05) is 0 Å². The minimum absolute atomic E-state index is 0.0502. The van der Waals surface area contributed by atoms with Crippen LogP contribution in [0.3, 0.4) is 0 Å². The number of rotatable bonds is 5. The molecule has 0 spiro atoms. The van der Waals surface area contributed by atoms with Gasteiger partial charge < -0.3 is 15.4 Å². The Morgan fingerprint density at radius 1 is 1.26 bits per heavy atom. The van der Waals surface area contributed by atoms with Gasteiger partial charge in [0.25, 0.3) is 5.62 Å². The monoisotopic (exact) mass is 472 g/mol. The number of aromatic amines is 2. The third kappa shape index (κ3) is 4.23. The van der Waals surface area contributed by atoms with Crippen molar-refractivity contribution in [1.29, 1.82) is 0 Å². The number of fused-ring (bicyclic) bond motifs is 1. The molecule has 10 nitrogen and oxygen atoms in total. The SMILES string of the molecule is C[C@@H](Nc1nc(=NC2CC2)n2ncc(=Cc3[nH]c(=O)[nH]c3O)c2n1)c1ccccc1C(F)(F)F. The molecule has 0 radical (unpaired) electrons. The van der Waals surface area contributed by atoms with E-state index in [0.717, 1.165) is 18.9 Å². The quantitative estimate of drug-likeness (QED) is 0.349. The van der Waals surface area contributed by atoms with Crippen LogP contribution in [0.2, 0.25) is 0 Å². The normalized spacial score (nSPS) is 16.4. The van der Waals surface area contributed by atoms with Crippen LogP contribution in [0.4, 0.5) is 19.1 Å². The highest BCUT2D eigenvalue weighted by molar-refractivity contribution is 5.57. The van der Waals surface area contributed by atoms with E-state index in [1.165, 1.54) is 35.0 Å². The summed E-state index contributed by atoms with van der Waals surface area (Å²) in [5.74, 6) is -0.282. The molecule has 3 heterocycles. The molecule has 0 unspecified atom stereocenters. The summed E-state index contributed by atoms with van der Waals surface area (Å²) in [6.45, 7) is 1.59. The summed E-state index contributed by atoms with van der Waals surface area (Å²) in [7, 11) is 0. The van der Waals surface area contributed by atoms with Crippen LogP contribution in [0, 0.1) is 0 Å². The molecule has 34 heavy (non-hydrogen) atoms. The molecule has 176 valence electrons. The van der Waals surface area contributed by atoms with Gasteiger partial charge in [-0.3, -0.25) is 4.98 Å². The highest BCUT2D eigenvalue weighted by Gasteiger charge is 2.34. The second-order valence-electron chi connectivity index (χ2n) is 7.98. The third-order valence-electron chi connectivity index (χ3n) is 5.34. The molecule has 4 N–H and O–H groups in total. The van der Waals surface area contributed by atoms with Gasteiger partial charge in [0.2, 0.25) is 11.8 Å². The van der Waals surface area contributed by atoms with E-state index in [9.17, 15) is 23.1 Å². The first kappa shape index (κ1) is 21.7. The molecule has 0 saturated heterocycles. The van der Waals surface area contributed by atoms with Crippen LogP contribution < -0.4 is 21.8 Å². The maximum absolute atomic E-state index is 13.5. The van der Waals surface area contributed by atoms with Gasteiger partial charge in [0.15, 0.2) is 5.65 Å². The number of aromatic nitrogens is 6. The summed E-state index contributed by atoms with van der Waals surface area (Å²) >= 11 is 0. The maximum Gasteiger partial charge on any atom is 0.416 e. The lowest BCUT2D eigenvalue weighted by atomic mass is 10.0. The molecule has 1 aliphatic carbocycles. The van der Waals surface area contributed by atoms with Crippen molar-refractivity contribution in [2.24, 2.45) is 4.99 Å². The number of nitrogens with zero attached hydrogens (tertiary/aromatic N) is 5. The Morgan fingerprint density at radius 3 is 2.71 bits per heavy atom.